The zero-order chi connectivity index (χ0) is 18.2. The summed E-state index contributed by atoms with van der Waals surface area (Å²) in [4.78, 5) is 11.5. The van der Waals surface area contributed by atoms with Crippen LogP contribution in [0.25, 0.3) is 0 Å². The van der Waals surface area contributed by atoms with Gasteiger partial charge in [-0.2, -0.15) is 4.31 Å². The van der Waals surface area contributed by atoms with Crippen LogP contribution in [-0.2, 0) is 16.4 Å². The molecule has 9 heteroatoms. The van der Waals surface area contributed by atoms with Crippen LogP contribution in [0.5, 0.6) is 5.75 Å². The van der Waals surface area contributed by atoms with E-state index in [4.69, 9.17) is 4.74 Å². The van der Waals surface area contributed by atoms with Crippen molar-refractivity contribution in [2.75, 3.05) is 13.7 Å². The second-order valence-electron chi connectivity index (χ2n) is 5.68. The number of fused-ring (bicyclic) bond motifs is 1. The largest absolute Gasteiger partial charge is 0.495 e. The molecule has 1 aliphatic rings. The van der Waals surface area contributed by atoms with E-state index >= 15 is 0 Å². The summed E-state index contributed by atoms with van der Waals surface area (Å²) in [5.41, 5.74) is 0.743. The van der Waals surface area contributed by atoms with Gasteiger partial charge in [0.25, 0.3) is 5.69 Å². The molecule has 0 bridgehead atoms. The van der Waals surface area contributed by atoms with Gasteiger partial charge in [-0.15, -0.1) is 11.3 Å². The third-order valence-corrected chi connectivity index (χ3v) is 7.30. The predicted molar refractivity (Wildman–Crippen MR) is 94.6 cm³/mol. The van der Waals surface area contributed by atoms with Crippen LogP contribution < -0.4 is 4.74 Å². The molecule has 1 aromatic carbocycles. The van der Waals surface area contributed by atoms with E-state index in [0.717, 1.165) is 11.6 Å². The third kappa shape index (κ3) is 3.03. The van der Waals surface area contributed by atoms with Crippen LogP contribution in [0.1, 0.15) is 29.8 Å². The normalized spacial score (nSPS) is 17.9. The van der Waals surface area contributed by atoms with Gasteiger partial charge in [0.2, 0.25) is 10.0 Å². The third-order valence-electron chi connectivity index (χ3n) is 4.38. The average molecular weight is 382 g/mol. The Balaban J connectivity index is 2.10. The van der Waals surface area contributed by atoms with Crippen molar-refractivity contribution < 1.29 is 18.1 Å². The highest BCUT2D eigenvalue weighted by molar-refractivity contribution is 7.89. The van der Waals surface area contributed by atoms with Gasteiger partial charge in [-0.3, -0.25) is 10.1 Å². The SMILES string of the molecule is CC[C@@H]1c2ccsc2CCN1S(=O)(=O)c1cc([N+](=O)[O-])ccc1OC. The van der Waals surface area contributed by atoms with Gasteiger partial charge >= 0.3 is 0 Å². The Morgan fingerprint density at radius 1 is 1.40 bits per heavy atom. The molecule has 3 rings (SSSR count). The lowest BCUT2D eigenvalue weighted by Gasteiger charge is -2.34. The lowest BCUT2D eigenvalue weighted by atomic mass is 10.0. The van der Waals surface area contributed by atoms with Crippen molar-refractivity contribution in [2.24, 2.45) is 0 Å². The van der Waals surface area contributed by atoms with Crippen LogP contribution in [0.15, 0.2) is 34.5 Å². The van der Waals surface area contributed by atoms with Crippen molar-refractivity contribution in [2.45, 2.75) is 30.7 Å². The molecule has 1 aliphatic heterocycles. The standard InChI is InChI=1S/C16H18N2O5S2/c1-3-13-12-7-9-24-15(12)6-8-17(13)25(21,22)16-10-11(18(19)20)4-5-14(16)23-2/h4-5,7,9-10,13H,3,6,8H2,1-2H3/t13-/m1/s1. The summed E-state index contributed by atoms with van der Waals surface area (Å²) in [6.07, 6.45) is 1.26. The molecule has 0 fully saturated rings. The summed E-state index contributed by atoms with van der Waals surface area (Å²) in [6.45, 7) is 2.28. The second kappa shape index (κ2) is 6.74. The van der Waals surface area contributed by atoms with E-state index in [1.54, 1.807) is 11.3 Å². The quantitative estimate of drug-likeness (QED) is 0.584. The van der Waals surface area contributed by atoms with Gasteiger partial charge in [0.15, 0.2) is 0 Å². The number of nitro groups is 1. The zero-order valence-electron chi connectivity index (χ0n) is 13.8. The first-order valence-corrected chi connectivity index (χ1v) is 10.1. The molecule has 0 aliphatic carbocycles. The molecule has 2 aromatic rings. The van der Waals surface area contributed by atoms with E-state index in [2.05, 4.69) is 0 Å². The molecule has 0 saturated heterocycles. The maximum atomic E-state index is 13.3. The maximum absolute atomic E-state index is 13.3. The predicted octanol–water partition coefficient (Wildman–Crippen LogP) is 3.36. The average Bonchev–Trinajstić information content (AvgIpc) is 3.08. The number of thiophene rings is 1. The lowest BCUT2D eigenvalue weighted by molar-refractivity contribution is -0.385. The van der Waals surface area contributed by atoms with Crippen LogP contribution in [0, 0.1) is 10.1 Å². The van der Waals surface area contributed by atoms with E-state index in [1.807, 2.05) is 18.4 Å². The van der Waals surface area contributed by atoms with Crippen LogP contribution in [0.2, 0.25) is 0 Å². The van der Waals surface area contributed by atoms with Gasteiger partial charge < -0.3 is 4.74 Å². The summed E-state index contributed by atoms with van der Waals surface area (Å²) in [7, 11) is -2.58. The van der Waals surface area contributed by atoms with Crippen LogP contribution in [0.3, 0.4) is 0 Å². The number of rotatable bonds is 5. The van der Waals surface area contributed by atoms with Gasteiger partial charge in [-0.25, -0.2) is 8.42 Å². The fraction of sp³-hybridized carbons (Fsp3) is 0.375. The van der Waals surface area contributed by atoms with E-state index < -0.39 is 14.9 Å². The molecule has 1 atom stereocenters. The van der Waals surface area contributed by atoms with Crippen molar-refractivity contribution in [1.82, 2.24) is 4.31 Å². The van der Waals surface area contributed by atoms with E-state index in [0.29, 0.717) is 19.4 Å². The Labute approximate surface area is 150 Å². The Bertz CT molecular complexity index is 907. The molecule has 0 saturated carbocycles. The van der Waals surface area contributed by atoms with Crippen molar-refractivity contribution >= 4 is 27.0 Å². The number of ether oxygens (including phenoxy) is 1. The molecule has 0 unspecified atom stereocenters. The highest BCUT2D eigenvalue weighted by Crippen LogP contribution is 2.40. The molecule has 0 spiro atoms. The van der Waals surface area contributed by atoms with Crippen molar-refractivity contribution in [3.63, 3.8) is 0 Å². The van der Waals surface area contributed by atoms with Gasteiger partial charge in [-0.05, 0) is 35.9 Å². The number of non-ortho nitro benzene ring substituents is 1. The van der Waals surface area contributed by atoms with E-state index in [-0.39, 0.29) is 22.4 Å². The monoisotopic (exact) mass is 382 g/mol. The molecule has 2 heterocycles. The Morgan fingerprint density at radius 2 is 2.16 bits per heavy atom. The fourth-order valence-electron chi connectivity index (χ4n) is 3.19. The first-order valence-electron chi connectivity index (χ1n) is 7.80. The number of hydrogen-bond donors (Lipinski definition) is 0. The molecule has 25 heavy (non-hydrogen) atoms. The number of methoxy groups -OCH3 is 1. The molecular weight excluding hydrogens is 364 g/mol. The van der Waals surface area contributed by atoms with Gasteiger partial charge in [-0.1, -0.05) is 6.92 Å². The smallest absolute Gasteiger partial charge is 0.271 e. The Morgan fingerprint density at radius 3 is 2.80 bits per heavy atom. The highest BCUT2D eigenvalue weighted by atomic mass is 32.2. The molecule has 0 radical (unpaired) electrons. The minimum absolute atomic E-state index is 0.108. The van der Waals surface area contributed by atoms with E-state index in [1.165, 1.54) is 28.4 Å². The minimum Gasteiger partial charge on any atom is -0.495 e. The number of sulfonamides is 1. The fourth-order valence-corrected chi connectivity index (χ4v) is 5.98. The molecule has 7 nitrogen and oxygen atoms in total. The van der Waals surface area contributed by atoms with Crippen LogP contribution in [0.4, 0.5) is 5.69 Å². The van der Waals surface area contributed by atoms with Crippen molar-refractivity contribution in [3.05, 3.63) is 50.2 Å². The Kier molecular flexibility index (Phi) is 4.81. The number of nitrogens with zero attached hydrogens (tertiary/aromatic N) is 2. The number of benzene rings is 1. The van der Waals surface area contributed by atoms with Gasteiger partial charge in [0.1, 0.15) is 10.6 Å². The van der Waals surface area contributed by atoms with Gasteiger partial charge in [0, 0.05) is 23.6 Å². The topological polar surface area (TPSA) is 89.8 Å². The summed E-state index contributed by atoms with van der Waals surface area (Å²) >= 11 is 1.63. The Hall–Kier alpha value is -1.97. The molecule has 0 N–H and O–H groups in total. The van der Waals surface area contributed by atoms with Crippen LogP contribution in [-0.4, -0.2) is 31.3 Å². The van der Waals surface area contributed by atoms with Crippen molar-refractivity contribution in [1.29, 1.82) is 0 Å². The molecule has 0 amide bonds. The number of nitro benzene ring substituents is 1. The molecule has 134 valence electrons. The highest BCUT2D eigenvalue weighted by Gasteiger charge is 2.38. The summed E-state index contributed by atoms with van der Waals surface area (Å²) in [5, 5.41) is 13.0. The maximum Gasteiger partial charge on any atom is 0.271 e. The molecule has 1 aromatic heterocycles. The number of hydrogen-bond acceptors (Lipinski definition) is 6. The van der Waals surface area contributed by atoms with Crippen LogP contribution >= 0.6 is 11.3 Å². The first-order chi connectivity index (χ1) is 11.9. The minimum atomic E-state index is -3.93. The second-order valence-corrected chi connectivity index (χ2v) is 8.54. The summed E-state index contributed by atoms with van der Waals surface area (Å²) < 4.78 is 33.1. The molecular formula is C16H18N2O5S2. The van der Waals surface area contributed by atoms with Crippen molar-refractivity contribution in [3.8, 4) is 5.75 Å². The van der Waals surface area contributed by atoms with E-state index in [9.17, 15) is 18.5 Å². The first kappa shape index (κ1) is 17.8. The lowest BCUT2D eigenvalue weighted by Crippen LogP contribution is -2.39. The zero-order valence-corrected chi connectivity index (χ0v) is 15.5. The summed E-state index contributed by atoms with van der Waals surface area (Å²) in [6, 6.07) is 5.32. The van der Waals surface area contributed by atoms with Gasteiger partial charge in [0.05, 0.1) is 18.1 Å². The summed E-state index contributed by atoms with van der Waals surface area (Å²) in [5.74, 6) is 0.108.